The molecule has 0 aliphatic carbocycles. The Morgan fingerprint density at radius 2 is 1.73 bits per heavy atom. The van der Waals surface area contributed by atoms with E-state index in [2.05, 4.69) is 32.8 Å². The number of piperazine rings is 1. The van der Waals surface area contributed by atoms with Crippen LogP contribution < -0.4 is 15.8 Å². The van der Waals surface area contributed by atoms with Gasteiger partial charge < -0.3 is 9.32 Å². The van der Waals surface area contributed by atoms with E-state index in [0.29, 0.717) is 23.6 Å². The van der Waals surface area contributed by atoms with Crippen molar-refractivity contribution in [3.8, 4) is 0 Å². The molecular formula is C22H23ClN4O3. The average molecular weight is 427 g/mol. The van der Waals surface area contributed by atoms with E-state index >= 15 is 0 Å². The molecule has 2 aromatic carbocycles. The van der Waals surface area contributed by atoms with Gasteiger partial charge in [0.05, 0.1) is 0 Å². The van der Waals surface area contributed by atoms with E-state index in [-0.39, 0.29) is 11.7 Å². The molecule has 1 saturated heterocycles. The normalized spacial score (nSPS) is 14.6. The van der Waals surface area contributed by atoms with E-state index in [9.17, 15) is 9.59 Å². The number of benzene rings is 2. The van der Waals surface area contributed by atoms with Crippen molar-refractivity contribution < 1.29 is 14.0 Å². The SMILES string of the molecule is O=C(CCN1CCN(c2ccccc2)CC1)NNC(=O)c1cc2cc(Cl)ccc2o1. The minimum absolute atomic E-state index is 0.115. The van der Waals surface area contributed by atoms with Crippen LogP contribution in [0.1, 0.15) is 17.0 Å². The summed E-state index contributed by atoms with van der Waals surface area (Å²) in [5.74, 6) is -0.634. The molecule has 0 atom stereocenters. The van der Waals surface area contributed by atoms with Gasteiger partial charge in [0.1, 0.15) is 5.58 Å². The number of fused-ring (bicyclic) bond motifs is 1. The number of furan rings is 1. The first-order chi connectivity index (χ1) is 14.6. The highest BCUT2D eigenvalue weighted by Gasteiger charge is 2.18. The monoisotopic (exact) mass is 426 g/mol. The van der Waals surface area contributed by atoms with Crippen molar-refractivity contribution >= 4 is 40.1 Å². The third-order valence-corrected chi connectivity index (χ3v) is 5.40. The topological polar surface area (TPSA) is 77.8 Å². The third kappa shape index (κ3) is 4.93. The standard InChI is InChI=1S/C22H23ClN4O3/c23-17-6-7-19-16(14-17)15-20(30-19)22(29)25-24-21(28)8-9-26-10-12-27(13-11-26)18-4-2-1-3-5-18/h1-7,14-15H,8-13H2,(H,24,28)(H,25,29). The summed E-state index contributed by atoms with van der Waals surface area (Å²) < 4.78 is 5.48. The number of nitrogens with one attached hydrogen (secondary N) is 2. The summed E-state index contributed by atoms with van der Waals surface area (Å²) in [5, 5.41) is 1.29. The van der Waals surface area contributed by atoms with Crippen molar-refractivity contribution in [2.75, 3.05) is 37.6 Å². The van der Waals surface area contributed by atoms with E-state index < -0.39 is 5.91 Å². The van der Waals surface area contributed by atoms with Crippen LogP contribution in [0.5, 0.6) is 0 Å². The van der Waals surface area contributed by atoms with Gasteiger partial charge in [0.15, 0.2) is 5.76 Å². The fourth-order valence-electron chi connectivity index (χ4n) is 3.50. The van der Waals surface area contributed by atoms with E-state index in [0.717, 1.165) is 31.6 Å². The van der Waals surface area contributed by atoms with Gasteiger partial charge in [-0.3, -0.25) is 25.3 Å². The van der Waals surface area contributed by atoms with Crippen molar-refractivity contribution in [1.29, 1.82) is 0 Å². The number of rotatable bonds is 5. The average Bonchev–Trinajstić information content (AvgIpc) is 3.20. The van der Waals surface area contributed by atoms with Gasteiger partial charge in [-0.15, -0.1) is 0 Å². The Morgan fingerprint density at radius 1 is 0.967 bits per heavy atom. The van der Waals surface area contributed by atoms with E-state index in [1.807, 2.05) is 18.2 Å². The number of halogens is 1. The maximum Gasteiger partial charge on any atom is 0.305 e. The lowest BCUT2D eigenvalue weighted by Crippen LogP contribution is -2.48. The Hall–Kier alpha value is -3.03. The summed E-state index contributed by atoms with van der Waals surface area (Å²) in [5.41, 5.74) is 6.64. The zero-order valence-electron chi connectivity index (χ0n) is 16.4. The summed E-state index contributed by atoms with van der Waals surface area (Å²) in [6.45, 7) is 4.30. The molecule has 2 heterocycles. The molecule has 156 valence electrons. The van der Waals surface area contributed by atoms with Crippen molar-refractivity contribution in [3.05, 3.63) is 65.4 Å². The Morgan fingerprint density at radius 3 is 2.50 bits per heavy atom. The molecule has 2 N–H and O–H groups in total. The van der Waals surface area contributed by atoms with Gasteiger partial charge in [-0.05, 0) is 36.4 Å². The van der Waals surface area contributed by atoms with Gasteiger partial charge in [0.25, 0.3) is 0 Å². The van der Waals surface area contributed by atoms with Crippen LogP contribution in [0.15, 0.2) is 59.0 Å². The van der Waals surface area contributed by atoms with Gasteiger partial charge in [0, 0.05) is 55.2 Å². The predicted molar refractivity (Wildman–Crippen MR) is 117 cm³/mol. The number of nitrogens with zero attached hydrogens (tertiary/aromatic N) is 2. The lowest BCUT2D eigenvalue weighted by molar-refractivity contribution is -0.122. The second-order valence-corrected chi connectivity index (χ2v) is 7.65. The van der Waals surface area contributed by atoms with Gasteiger partial charge in [-0.1, -0.05) is 29.8 Å². The first kappa shape index (κ1) is 20.3. The molecular weight excluding hydrogens is 404 g/mol. The summed E-state index contributed by atoms with van der Waals surface area (Å²) in [4.78, 5) is 28.9. The minimum Gasteiger partial charge on any atom is -0.451 e. The van der Waals surface area contributed by atoms with Crippen molar-refractivity contribution in [1.82, 2.24) is 15.8 Å². The maximum absolute atomic E-state index is 12.2. The number of hydrogen-bond acceptors (Lipinski definition) is 5. The molecule has 1 aliphatic heterocycles. The third-order valence-electron chi connectivity index (χ3n) is 5.17. The largest absolute Gasteiger partial charge is 0.451 e. The molecule has 2 amide bonds. The van der Waals surface area contributed by atoms with Crippen LogP contribution >= 0.6 is 11.6 Å². The van der Waals surface area contributed by atoms with Crippen LogP contribution in [-0.4, -0.2) is 49.4 Å². The molecule has 1 fully saturated rings. The van der Waals surface area contributed by atoms with Crippen molar-refractivity contribution in [3.63, 3.8) is 0 Å². The molecule has 0 saturated carbocycles. The molecule has 1 aliphatic rings. The zero-order chi connectivity index (χ0) is 20.9. The van der Waals surface area contributed by atoms with Crippen LogP contribution in [-0.2, 0) is 4.79 Å². The summed E-state index contributed by atoms with van der Waals surface area (Å²) in [7, 11) is 0. The highest BCUT2D eigenvalue weighted by molar-refractivity contribution is 6.31. The molecule has 0 bridgehead atoms. The highest BCUT2D eigenvalue weighted by Crippen LogP contribution is 2.23. The highest BCUT2D eigenvalue weighted by atomic mass is 35.5. The lowest BCUT2D eigenvalue weighted by Gasteiger charge is -2.36. The number of para-hydroxylation sites is 1. The summed E-state index contributed by atoms with van der Waals surface area (Å²) in [6, 6.07) is 17.0. The number of anilines is 1. The van der Waals surface area contributed by atoms with Gasteiger partial charge in [-0.25, -0.2) is 0 Å². The van der Waals surface area contributed by atoms with E-state index in [1.54, 1.807) is 24.3 Å². The van der Waals surface area contributed by atoms with Crippen LogP contribution in [0.2, 0.25) is 5.02 Å². The van der Waals surface area contributed by atoms with E-state index in [1.165, 1.54) is 5.69 Å². The van der Waals surface area contributed by atoms with Crippen molar-refractivity contribution in [2.24, 2.45) is 0 Å². The number of hydrogen-bond donors (Lipinski definition) is 2. The van der Waals surface area contributed by atoms with Gasteiger partial charge >= 0.3 is 5.91 Å². The van der Waals surface area contributed by atoms with Gasteiger partial charge in [0.2, 0.25) is 5.91 Å². The number of amides is 2. The lowest BCUT2D eigenvalue weighted by atomic mass is 10.2. The molecule has 8 heteroatoms. The Bertz CT molecular complexity index is 1030. The predicted octanol–water partition coefficient (Wildman–Crippen LogP) is 3.06. The second kappa shape index (κ2) is 9.19. The zero-order valence-corrected chi connectivity index (χ0v) is 17.2. The Balaban J connectivity index is 1.19. The first-order valence-corrected chi connectivity index (χ1v) is 10.3. The fraction of sp³-hybridized carbons (Fsp3) is 0.273. The summed E-state index contributed by atoms with van der Waals surface area (Å²) in [6.07, 6.45) is 0.307. The molecule has 0 spiro atoms. The second-order valence-electron chi connectivity index (χ2n) is 7.21. The Kier molecular flexibility index (Phi) is 6.21. The van der Waals surface area contributed by atoms with Crippen LogP contribution in [0, 0.1) is 0 Å². The fourth-order valence-corrected chi connectivity index (χ4v) is 3.69. The number of carbonyl (C=O) groups excluding carboxylic acids is 2. The van der Waals surface area contributed by atoms with Crippen molar-refractivity contribution in [2.45, 2.75) is 6.42 Å². The number of hydrazine groups is 1. The molecule has 0 radical (unpaired) electrons. The molecule has 30 heavy (non-hydrogen) atoms. The molecule has 7 nitrogen and oxygen atoms in total. The van der Waals surface area contributed by atoms with Crippen LogP contribution in [0.25, 0.3) is 11.0 Å². The smallest absolute Gasteiger partial charge is 0.305 e. The molecule has 1 aromatic heterocycles. The molecule has 4 rings (SSSR count). The van der Waals surface area contributed by atoms with Crippen LogP contribution in [0.3, 0.4) is 0 Å². The number of carbonyl (C=O) groups is 2. The molecule has 3 aromatic rings. The maximum atomic E-state index is 12.2. The quantitative estimate of drug-likeness (QED) is 0.613. The summed E-state index contributed by atoms with van der Waals surface area (Å²) >= 11 is 5.94. The minimum atomic E-state index is -0.507. The molecule has 0 unspecified atom stereocenters. The van der Waals surface area contributed by atoms with E-state index in [4.69, 9.17) is 16.0 Å². The Labute approximate surface area is 179 Å². The first-order valence-electron chi connectivity index (χ1n) is 9.89. The van der Waals surface area contributed by atoms with Crippen LogP contribution in [0.4, 0.5) is 5.69 Å². The van der Waals surface area contributed by atoms with Gasteiger partial charge in [-0.2, -0.15) is 0 Å².